The monoisotopic (exact) mass is 417 g/mol. The molecule has 1 amide bonds. The molecule has 8 heteroatoms. The molecule has 0 unspecified atom stereocenters. The average Bonchev–Trinajstić information content (AvgIpc) is 3.17. The molecule has 0 bridgehead atoms. The maximum absolute atomic E-state index is 12.7. The molecular formula is C20H20ClN3O3S. The van der Waals surface area contributed by atoms with E-state index >= 15 is 0 Å². The van der Waals surface area contributed by atoms with Crippen LogP contribution in [-0.2, 0) is 0 Å². The fourth-order valence-corrected chi connectivity index (χ4v) is 4.54. The van der Waals surface area contributed by atoms with Crippen LogP contribution in [0.15, 0.2) is 36.4 Å². The molecule has 4 rings (SSSR count). The number of nitrogens with zero attached hydrogens (tertiary/aromatic N) is 3. The highest BCUT2D eigenvalue weighted by molar-refractivity contribution is 7.22. The van der Waals surface area contributed by atoms with Crippen molar-refractivity contribution in [2.75, 3.05) is 45.3 Å². The van der Waals surface area contributed by atoms with Crippen molar-refractivity contribution < 1.29 is 14.3 Å². The second-order valence-electron chi connectivity index (χ2n) is 6.43. The number of benzene rings is 2. The summed E-state index contributed by atoms with van der Waals surface area (Å²) in [6, 6.07) is 11.0. The number of thiazole rings is 1. The van der Waals surface area contributed by atoms with E-state index in [1.165, 1.54) is 0 Å². The summed E-state index contributed by atoms with van der Waals surface area (Å²) in [5.74, 6) is 1.33. The van der Waals surface area contributed by atoms with E-state index in [1.54, 1.807) is 49.8 Å². The number of fused-ring (bicyclic) bond motifs is 1. The van der Waals surface area contributed by atoms with Gasteiger partial charge in [-0.15, -0.1) is 0 Å². The quantitative estimate of drug-likeness (QED) is 0.643. The van der Waals surface area contributed by atoms with Crippen molar-refractivity contribution in [3.63, 3.8) is 0 Å². The van der Waals surface area contributed by atoms with Gasteiger partial charge in [0.1, 0.15) is 5.52 Å². The molecule has 2 aromatic carbocycles. The lowest BCUT2D eigenvalue weighted by Crippen LogP contribution is -2.48. The van der Waals surface area contributed by atoms with Crippen LogP contribution in [0, 0.1) is 0 Å². The molecule has 0 aliphatic carbocycles. The Morgan fingerprint density at radius 3 is 2.57 bits per heavy atom. The second-order valence-corrected chi connectivity index (χ2v) is 7.88. The normalized spacial score (nSPS) is 14.4. The minimum Gasteiger partial charge on any atom is -0.493 e. The zero-order valence-corrected chi connectivity index (χ0v) is 17.2. The van der Waals surface area contributed by atoms with Gasteiger partial charge in [0.2, 0.25) is 0 Å². The minimum absolute atomic E-state index is 0.0119. The smallest absolute Gasteiger partial charge is 0.254 e. The lowest BCUT2D eigenvalue weighted by atomic mass is 10.2. The van der Waals surface area contributed by atoms with Gasteiger partial charge >= 0.3 is 0 Å². The number of amides is 1. The molecule has 1 aromatic heterocycles. The predicted molar refractivity (Wildman–Crippen MR) is 112 cm³/mol. The number of carbonyl (C=O) groups is 1. The Hall–Kier alpha value is -2.51. The summed E-state index contributed by atoms with van der Waals surface area (Å²) in [4.78, 5) is 21.5. The largest absolute Gasteiger partial charge is 0.493 e. The van der Waals surface area contributed by atoms with E-state index in [1.807, 2.05) is 17.0 Å². The maximum atomic E-state index is 12.7. The van der Waals surface area contributed by atoms with Gasteiger partial charge in [-0.25, -0.2) is 4.98 Å². The van der Waals surface area contributed by atoms with Gasteiger partial charge in [0, 0.05) is 36.8 Å². The molecule has 1 aliphatic rings. The Balaban J connectivity index is 1.50. The van der Waals surface area contributed by atoms with Crippen molar-refractivity contribution in [3.8, 4) is 11.5 Å². The predicted octanol–water partition coefficient (Wildman–Crippen LogP) is 3.93. The van der Waals surface area contributed by atoms with Crippen molar-refractivity contribution in [1.29, 1.82) is 0 Å². The van der Waals surface area contributed by atoms with Crippen molar-refractivity contribution in [1.82, 2.24) is 9.88 Å². The van der Waals surface area contributed by atoms with E-state index in [0.29, 0.717) is 35.2 Å². The number of piperazine rings is 1. The second kappa shape index (κ2) is 7.85. The number of aromatic nitrogens is 1. The molecule has 2 heterocycles. The van der Waals surface area contributed by atoms with Crippen LogP contribution in [0.2, 0.25) is 5.02 Å². The molecule has 28 heavy (non-hydrogen) atoms. The van der Waals surface area contributed by atoms with Gasteiger partial charge in [-0.05, 0) is 30.3 Å². The Bertz CT molecular complexity index is 1020. The number of rotatable bonds is 4. The van der Waals surface area contributed by atoms with Crippen molar-refractivity contribution in [2.24, 2.45) is 0 Å². The Morgan fingerprint density at radius 1 is 1.11 bits per heavy atom. The summed E-state index contributed by atoms with van der Waals surface area (Å²) in [5, 5.41) is 1.50. The van der Waals surface area contributed by atoms with Crippen LogP contribution in [-0.4, -0.2) is 56.2 Å². The molecule has 1 fully saturated rings. The fourth-order valence-electron chi connectivity index (χ4n) is 3.34. The van der Waals surface area contributed by atoms with Gasteiger partial charge in [-0.3, -0.25) is 4.79 Å². The number of hydrogen-bond donors (Lipinski definition) is 0. The summed E-state index contributed by atoms with van der Waals surface area (Å²) in [7, 11) is 3.24. The molecule has 0 saturated carbocycles. The van der Waals surface area contributed by atoms with Crippen LogP contribution in [0.25, 0.3) is 10.2 Å². The first-order valence-corrected chi connectivity index (χ1v) is 10.1. The molecule has 1 saturated heterocycles. The van der Waals surface area contributed by atoms with Crippen LogP contribution in [0.3, 0.4) is 0 Å². The number of halogens is 1. The zero-order chi connectivity index (χ0) is 19.7. The topological polar surface area (TPSA) is 54.9 Å². The van der Waals surface area contributed by atoms with Crippen molar-refractivity contribution in [2.45, 2.75) is 0 Å². The number of ether oxygens (including phenoxy) is 2. The Labute approximate surface area is 172 Å². The number of hydrogen-bond acceptors (Lipinski definition) is 6. The summed E-state index contributed by atoms with van der Waals surface area (Å²) in [5.41, 5.74) is 1.43. The van der Waals surface area contributed by atoms with Gasteiger partial charge in [0.25, 0.3) is 5.91 Å². The summed E-state index contributed by atoms with van der Waals surface area (Å²) in [6.45, 7) is 2.74. The molecule has 0 spiro atoms. The lowest BCUT2D eigenvalue weighted by Gasteiger charge is -2.34. The summed E-state index contributed by atoms with van der Waals surface area (Å²) < 4.78 is 11.9. The third-order valence-corrected chi connectivity index (χ3v) is 6.12. The van der Waals surface area contributed by atoms with E-state index in [9.17, 15) is 4.79 Å². The SMILES string of the molecule is COc1ccc2sc(N3CCN(C(=O)c4cccc(Cl)c4)CC3)nc2c1OC. The van der Waals surface area contributed by atoms with Gasteiger partial charge in [-0.2, -0.15) is 0 Å². The zero-order valence-electron chi connectivity index (χ0n) is 15.6. The third-order valence-electron chi connectivity index (χ3n) is 4.80. The highest BCUT2D eigenvalue weighted by atomic mass is 35.5. The van der Waals surface area contributed by atoms with Crippen LogP contribution in [0.4, 0.5) is 5.13 Å². The molecule has 0 N–H and O–H groups in total. The van der Waals surface area contributed by atoms with E-state index < -0.39 is 0 Å². The first-order valence-electron chi connectivity index (χ1n) is 8.92. The number of anilines is 1. The van der Waals surface area contributed by atoms with Crippen LogP contribution >= 0.6 is 22.9 Å². The average molecular weight is 418 g/mol. The molecular weight excluding hydrogens is 398 g/mol. The summed E-state index contributed by atoms with van der Waals surface area (Å²) >= 11 is 7.63. The minimum atomic E-state index is 0.0119. The van der Waals surface area contributed by atoms with Crippen molar-refractivity contribution in [3.05, 3.63) is 47.0 Å². The number of carbonyl (C=O) groups excluding carboxylic acids is 1. The molecule has 6 nitrogen and oxygen atoms in total. The molecule has 0 radical (unpaired) electrons. The summed E-state index contributed by atoms with van der Waals surface area (Å²) in [6.07, 6.45) is 0. The Kier molecular flexibility index (Phi) is 5.28. The first kappa shape index (κ1) is 18.8. The Morgan fingerprint density at radius 2 is 1.89 bits per heavy atom. The maximum Gasteiger partial charge on any atom is 0.254 e. The highest BCUT2D eigenvalue weighted by Crippen LogP contribution is 2.40. The first-order chi connectivity index (χ1) is 13.6. The van der Waals surface area contributed by atoms with Gasteiger partial charge in [0.05, 0.1) is 18.9 Å². The van der Waals surface area contributed by atoms with Gasteiger partial charge < -0.3 is 19.3 Å². The molecule has 3 aromatic rings. The standard InChI is InChI=1S/C20H20ClN3O3S/c1-26-15-6-7-16-17(18(15)27-2)22-20(28-16)24-10-8-23(9-11-24)19(25)13-4-3-5-14(21)12-13/h3-7,12H,8-11H2,1-2H3. The van der Waals surface area contributed by atoms with Crippen molar-refractivity contribution >= 4 is 44.2 Å². The van der Waals surface area contributed by atoms with E-state index in [-0.39, 0.29) is 5.91 Å². The third kappa shape index (κ3) is 3.47. The molecule has 1 aliphatic heterocycles. The van der Waals surface area contributed by atoms with Gasteiger partial charge in [0.15, 0.2) is 16.6 Å². The van der Waals surface area contributed by atoms with Gasteiger partial charge in [-0.1, -0.05) is 29.0 Å². The van der Waals surface area contributed by atoms with E-state index in [0.717, 1.165) is 28.4 Å². The lowest BCUT2D eigenvalue weighted by molar-refractivity contribution is 0.0747. The van der Waals surface area contributed by atoms with E-state index in [2.05, 4.69) is 4.90 Å². The van der Waals surface area contributed by atoms with Crippen LogP contribution < -0.4 is 14.4 Å². The van der Waals surface area contributed by atoms with Crippen LogP contribution in [0.5, 0.6) is 11.5 Å². The fraction of sp³-hybridized carbons (Fsp3) is 0.300. The molecule has 146 valence electrons. The van der Waals surface area contributed by atoms with Crippen LogP contribution in [0.1, 0.15) is 10.4 Å². The molecule has 0 atom stereocenters. The number of methoxy groups -OCH3 is 2. The highest BCUT2D eigenvalue weighted by Gasteiger charge is 2.25. The van der Waals surface area contributed by atoms with E-state index in [4.69, 9.17) is 26.1 Å².